The number of hydrogen-bond donors (Lipinski definition) is 1. The first-order valence-corrected chi connectivity index (χ1v) is 7.32. The number of aryl methyl sites for hydroxylation is 2. The van der Waals surface area contributed by atoms with Gasteiger partial charge in [-0.1, -0.05) is 0 Å². The van der Waals surface area contributed by atoms with Gasteiger partial charge in [0.15, 0.2) is 0 Å². The molecule has 0 atom stereocenters. The van der Waals surface area contributed by atoms with Gasteiger partial charge in [0.05, 0.1) is 5.69 Å². The van der Waals surface area contributed by atoms with Crippen LogP contribution in [-0.2, 0) is 12.8 Å². The highest BCUT2D eigenvalue weighted by atomic mass is 32.1. The molecule has 19 heavy (non-hydrogen) atoms. The first-order valence-electron chi connectivity index (χ1n) is 6.50. The molecule has 0 saturated carbocycles. The highest BCUT2D eigenvalue weighted by Crippen LogP contribution is 2.35. The van der Waals surface area contributed by atoms with E-state index in [2.05, 4.69) is 6.07 Å². The summed E-state index contributed by atoms with van der Waals surface area (Å²) in [5.41, 5.74) is 9.20. The number of nitrogen functional groups attached to an aromatic ring is 1. The van der Waals surface area contributed by atoms with Crippen LogP contribution < -0.4 is 5.73 Å². The molecule has 1 amide bonds. The van der Waals surface area contributed by atoms with Gasteiger partial charge in [0.1, 0.15) is 9.71 Å². The molecule has 1 aliphatic carbocycles. The first kappa shape index (κ1) is 12.4. The Bertz CT molecular complexity index is 660. The van der Waals surface area contributed by atoms with Crippen LogP contribution in [0, 0.1) is 0 Å². The van der Waals surface area contributed by atoms with Gasteiger partial charge >= 0.3 is 0 Å². The van der Waals surface area contributed by atoms with Crippen molar-refractivity contribution in [1.82, 2.24) is 9.88 Å². The lowest BCUT2D eigenvalue weighted by atomic mass is 9.95. The van der Waals surface area contributed by atoms with Gasteiger partial charge in [-0.05, 0) is 37.3 Å². The molecule has 0 unspecified atom stereocenters. The molecular weight excluding hydrogens is 258 g/mol. The van der Waals surface area contributed by atoms with Crippen molar-refractivity contribution in [1.29, 1.82) is 0 Å². The molecule has 0 aromatic carbocycles. The van der Waals surface area contributed by atoms with Gasteiger partial charge in [-0.2, -0.15) is 0 Å². The number of hydrogen-bond acceptors (Lipinski definition) is 4. The molecule has 0 spiro atoms. The van der Waals surface area contributed by atoms with Crippen LogP contribution in [0.25, 0.3) is 10.2 Å². The number of aromatic nitrogens is 1. The fraction of sp³-hybridized carbons (Fsp3) is 0.429. The normalized spacial score (nSPS) is 14.4. The van der Waals surface area contributed by atoms with Crippen molar-refractivity contribution in [2.45, 2.75) is 25.7 Å². The lowest BCUT2D eigenvalue weighted by Gasteiger charge is -2.14. The average Bonchev–Trinajstić information content (AvgIpc) is 2.72. The van der Waals surface area contributed by atoms with Crippen LogP contribution in [0.15, 0.2) is 6.07 Å². The maximum Gasteiger partial charge on any atom is 0.265 e. The zero-order valence-corrected chi connectivity index (χ0v) is 12.0. The van der Waals surface area contributed by atoms with Gasteiger partial charge in [0.25, 0.3) is 5.91 Å². The average molecular weight is 275 g/mol. The fourth-order valence-corrected chi connectivity index (χ4v) is 3.64. The van der Waals surface area contributed by atoms with Gasteiger partial charge in [0, 0.05) is 25.2 Å². The fourth-order valence-electron chi connectivity index (χ4n) is 2.52. The molecule has 0 fully saturated rings. The number of anilines is 1. The quantitative estimate of drug-likeness (QED) is 0.869. The molecular formula is C14H17N3OS. The van der Waals surface area contributed by atoms with E-state index in [9.17, 15) is 4.79 Å². The molecule has 4 nitrogen and oxygen atoms in total. The summed E-state index contributed by atoms with van der Waals surface area (Å²) in [6, 6.07) is 2.13. The molecule has 0 aliphatic heterocycles. The Hall–Kier alpha value is -1.62. The maximum absolute atomic E-state index is 12.1. The largest absolute Gasteiger partial charge is 0.397 e. The third-order valence-electron chi connectivity index (χ3n) is 3.60. The van der Waals surface area contributed by atoms with E-state index >= 15 is 0 Å². The second-order valence-corrected chi connectivity index (χ2v) is 6.20. The third kappa shape index (κ3) is 1.98. The van der Waals surface area contributed by atoms with Gasteiger partial charge in [-0.15, -0.1) is 11.3 Å². The van der Waals surface area contributed by atoms with Crippen molar-refractivity contribution in [2.24, 2.45) is 0 Å². The number of carbonyl (C=O) groups is 1. The van der Waals surface area contributed by atoms with Crippen molar-refractivity contribution >= 4 is 33.1 Å². The van der Waals surface area contributed by atoms with Gasteiger partial charge in [-0.25, -0.2) is 4.98 Å². The van der Waals surface area contributed by atoms with Gasteiger partial charge < -0.3 is 10.6 Å². The number of rotatable bonds is 1. The second-order valence-electron chi connectivity index (χ2n) is 5.20. The zero-order chi connectivity index (χ0) is 13.6. The first-order chi connectivity index (χ1) is 9.08. The van der Waals surface area contributed by atoms with E-state index in [1.165, 1.54) is 35.4 Å². The van der Waals surface area contributed by atoms with Gasteiger partial charge in [0.2, 0.25) is 0 Å². The highest BCUT2D eigenvalue weighted by molar-refractivity contribution is 7.21. The molecule has 0 radical (unpaired) electrons. The van der Waals surface area contributed by atoms with E-state index in [1.807, 2.05) is 0 Å². The Morgan fingerprint density at radius 1 is 1.37 bits per heavy atom. The summed E-state index contributed by atoms with van der Waals surface area (Å²) in [6.07, 6.45) is 4.54. The minimum Gasteiger partial charge on any atom is -0.397 e. The standard InChI is InChI=1S/C14H17N3OS/c1-17(2)14(18)12-11(15)9-7-8-5-3-4-6-10(8)16-13(9)19-12/h7H,3-6,15H2,1-2H3. The van der Waals surface area contributed by atoms with Crippen LogP contribution in [-0.4, -0.2) is 29.9 Å². The predicted octanol–water partition coefficient (Wildman–Crippen LogP) is 2.46. The number of pyridine rings is 1. The molecule has 2 heterocycles. The molecule has 5 heteroatoms. The molecule has 100 valence electrons. The lowest BCUT2D eigenvalue weighted by Crippen LogP contribution is -2.21. The van der Waals surface area contributed by atoms with E-state index in [1.54, 1.807) is 19.0 Å². The maximum atomic E-state index is 12.1. The summed E-state index contributed by atoms with van der Waals surface area (Å²) >= 11 is 1.41. The van der Waals surface area contributed by atoms with Crippen molar-refractivity contribution in [3.63, 3.8) is 0 Å². The molecule has 0 bridgehead atoms. The molecule has 1 aliphatic rings. The molecule has 3 rings (SSSR count). The minimum absolute atomic E-state index is 0.0431. The minimum atomic E-state index is -0.0431. The molecule has 2 aromatic rings. The summed E-state index contributed by atoms with van der Waals surface area (Å²) in [4.78, 5) is 19.8. The van der Waals surface area contributed by atoms with Crippen LogP contribution in [0.4, 0.5) is 5.69 Å². The van der Waals surface area contributed by atoms with Crippen LogP contribution in [0.2, 0.25) is 0 Å². The highest BCUT2D eigenvalue weighted by Gasteiger charge is 2.21. The van der Waals surface area contributed by atoms with E-state index in [0.29, 0.717) is 10.6 Å². The van der Waals surface area contributed by atoms with Crippen molar-refractivity contribution < 1.29 is 4.79 Å². The molecule has 2 aromatic heterocycles. The summed E-state index contributed by atoms with van der Waals surface area (Å²) in [6.45, 7) is 0. The van der Waals surface area contributed by atoms with Crippen LogP contribution in [0.1, 0.15) is 33.8 Å². The topological polar surface area (TPSA) is 59.2 Å². The number of carbonyl (C=O) groups excluding carboxylic acids is 1. The zero-order valence-electron chi connectivity index (χ0n) is 11.2. The third-order valence-corrected chi connectivity index (χ3v) is 4.70. The lowest BCUT2D eigenvalue weighted by molar-refractivity contribution is 0.0833. The Labute approximate surface area is 116 Å². The second kappa shape index (κ2) is 4.49. The van der Waals surface area contributed by atoms with Crippen LogP contribution >= 0.6 is 11.3 Å². The number of amides is 1. The van der Waals surface area contributed by atoms with Crippen LogP contribution in [0.5, 0.6) is 0 Å². The number of thiophene rings is 1. The van der Waals surface area contributed by atoms with Crippen molar-refractivity contribution in [2.75, 3.05) is 19.8 Å². The SMILES string of the molecule is CN(C)C(=O)c1sc2nc3c(cc2c1N)CCCC3. The Balaban J connectivity index is 2.18. The summed E-state index contributed by atoms with van der Waals surface area (Å²) < 4.78 is 0. The van der Waals surface area contributed by atoms with Crippen LogP contribution in [0.3, 0.4) is 0 Å². The Morgan fingerprint density at radius 2 is 2.11 bits per heavy atom. The smallest absolute Gasteiger partial charge is 0.265 e. The molecule has 2 N–H and O–H groups in total. The number of nitrogens with two attached hydrogens (primary N) is 1. The van der Waals surface area contributed by atoms with Crippen molar-refractivity contribution in [3.05, 3.63) is 22.2 Å². The van der Waals surface area contributed by atoms with Gasteiger partial charge in [-0.3, -0.25) is 4.79 Å². The van der Waals surface area contributed by atoms with E-state index in [-0.39, 0.29) is 5.91 Å². The summed E-state index contributed by atoms with van der Waals surface area (Å²) in [5.74, 6) is -0.0431. The predicted molar refractivity (Wildman–Crippen MR) is 78.7 cm³/mol. The number of fused-ring (bicyclic) bond motifs is 2. The molecule has 0 saturated heterocycles. The summed E-state index contributed by atoms with van der Waals surface area (Å²) in [7, 11) is 3.48. The Morgan fingerprint density at radius 3 is 2.84 bits per heavy atom. The Kier molecular flexibility index (Phi) is 2.93. The van der Waals surface area contributed by atoms with E-state index in [4.69, 9.17) is 10.7 Å². The van der Waals surface area contributed by atoms with E-state index in [0.717, 1.165) is 23.1 Å². The van der Waals surface area contributed by atoms with E-state index < -0.39 is 0 Å². The number of nitrogens with zero attached hydrogens (tertiary/aromatic N) is 2. The summed E-state index contributed by atoms with van der Waals surface area (Å²) in [5, 5.41) is 0.941. The monoisotopic (exact) mass is 275 g/mol. The van der Waals surface area contributed by atoms with Crippen molar-refractivity contribution in [3.8, 4) is 0 Å².